The van der Waals surface area contributed by atoms with Crippen LogP contribution in [0.25, 0.3) is 0 Å². The number of hydrogen-bond donors (Lipinski definition) is 2. The number of likely N-dealkylation sites (tertiary alicyclic amines) is 1. The number of alkyl halides is 7. The van der Waals surface area contributed by atoms with E-state index in [4.69, 9.17) is 21.5 Å². The zero-order valence-corrected chi connectivity index (χ0v) is 26.0. The summed E-state index contributed by atoms with van der Waals surface area (Å²) in [5.74, 6) is -0.659. The summed E-state index contributed by atoms with van der Waals surface area (Å²) in [5, 5.41) is 18.2. The van der Waals surface area contributed by atoms with E-state index in [2.05, 4.69) is 0 Å². The van der Waals surface area contributed by atoms with Crippen molar-refractivity contribution in [3.8, 4) is 0 Å². The lowest BCUT2D eigenvalue weighted by Crippen LogP contribution is -2.57. The highest BCUT2D eigenvalue weighted by atomic mass is 35.5. The van der Waals surface area contributed by atoms with Gasteiger partial charge in [-0.15, -0.1) is 0 Å². The number of hydrogen-bond acceptors (Lipinski definition) is 5. The summed E-state index contributed by atoms with van der Waals surface area (Å²) >= 11 is 6.24. The largest absolute Gasteiger partial charge is 0.483 e. The van der Waals surface area contributed by atoms with Crippen LogP contribution in [0, 0.1) is 6.92 Å². The molecule has 7 nitrogen and oxygen atoms in total. The van der Waals surface area contributed by atoms with Gasteiger partial charge in [0.25, 0.3) is 12.4 Å². The van der Waals surface area contributed by atoms with Gasteiger partial charge >= 0.3 is 18.0 Å². The van der Waals surface area contributed by atoms with Crippen LogP contribution >= 0.6 is 11.6 Å². The van der Waals surface area contributed by atoms with Gasteiger partial charge in [-0.25, -0.2) is 12.8 Å². The number of carbonyl (C=O) groups excluding carboxylic acids is 1. The van der Waals surface area contributed by atoms with Crippen LogP contribution in [-0.4, -0.2) is 66.5 Å². The van der Waals surface area contributed by atoms with Gasteiger partial charge in [0.1, 0.15) is 10.3 Å². The first-order valence-electron chi connectivity index (χ1n) is 14.3. The predicted molar refractivity (Wildman–Crippen MR) is 152 cm³/mol. The molecule has 1 saturated carbocycles. The number of benzene rings is 2. The zero-order valence-electron chi connectivity index (χ0n) is 24.4. The Hall–Kier alpha value is -2.91. The van der Waals surface area contributed by atoms with Crippen LogP contribution in [0.1, 0.15) is 67.2 Å². The molecule has 1 heterocycles. The number of nitrogens with zero attached hydrogens (tertiary/aromatic N) is 1. The first-order chi connectivity index (χ1) is 21.2. The standard InChI is InChI=1S/C29H29ClF7NO4S.CH2O2/c1-17-5-8-20(16-22(17)30)43(41,42)26-13-14-38(24(39)25(40)11-3-2-4-12-25)23(26)10-6-18-15-19(7-9-21(18)26)27(31,28(32,33)34)29(35,36)37;2-1-3/h5,7-9,15-16,23,40H,2-4,6,10-14H2,1H3;1H,(H,2,3). The molecule has 5 rings (SSSR count). The molecule has 1 saturated heterocycles. The first kappa shape index (κ1) is 35.9. The molecule has 0 spiro atoms. The molecule has 0 bridgehead atoms. The molecule has 2 fully saturated rings. The Morgan fingerprint density at radius 2 is 1.57 bits per heavy atom. The second-order valence-corrected chi connectivity index (χ2v) is 14.4. The van der Waals surface area contributed by atoms with Gasteiger partial charge in [-0.3, -0.25) is 9.59 Å². The number of carbonyl (C=O) groups is 2. The van der Waals surface area contributed by atoms with E-state index in [0.29, 0.717) is 30.5 Å². The van der Waals surface area contributed by atoms with Crippen molar-refractivity contribution in [3.05, 3.63) is 63.7 Å². The number of halogens is 8. The van der Waals surface area contributed by atoms with Crippen molar-refractivity contribution >= 4 is 33.8 Å². The maximum Gasteiger partial charge on any atom is 0.435 e. The molecule has 254 valence electrons. The molecule has 46 heavy (non-hydrogen) atoms. The second-order valence-electron chi connectivity index (χ2n) is 11.8. The van der Waals surface area contributed by atoms with E-state index >= 15 is 4.39 Å². The van der Waals surface area contributed by atoms with Crippen LogP contribution in [0.2, 0.25) is 5.02 Å². The number of aliphatic hydroxyl groups is 1. The Morgan fingerprint density at radius 1 is 0.978 bits per heavy atom. The summed E-state index contributed by atoms with van der Waals surface area (Å²) in [6, 6.07) is 4.42. The molecule has 2 unspecified atom stereocenters. The Kier molecular flexibility index (Phi) is 9.59. The number of amides is 1. The third kappa shape index (κ3) is 5.55. The van der Waals surface area contributed by atoms with Crippen LogP contribution < -0.4 is 0 Å². The smallest absolute Gasteiger partial charge is 0.435 e. The topological polar surface area (TPSA) is 112 Å². The number of sulfone groups is 1. The molecule has 2 aromatic carbocycles. The van der Waals surface area contributed by atoms with Crippen molar-refractivity contribution in [1.82, 2.24) is 4.90 Å². The van der Waals surface area contributed by atoms with E-state index in [0.717, 1.165) is 12.5 Å². The molecular weight excluding hydrogens is 671 g/mol. The maximum atomic E-state index is 15.0. The summed E-state index contributed by atoms with van der Waals surface area (Å²) < 4.78 is 124. The van der Waals surface area contributed by atoms with E-state index in [1.54, 1.807) is 6.92 Å². The fourth-order valence-corrected chi connectivity index (χ4v) is 9.68. The van der Waals surface area contributed by atoms with Crippen LogP contribution in [-0.2, 0) is 36.3 Å². The third-order valence-corrected chi connectivity index (χ3v) is 12.3. The molecule has 1 amide bonds. The number of rotatable bonds is 4. The van der Waals surface area contributed by atoms with E-state index < -0.39 is 55.7 Å². The minimum absolute atomic E-state index is 0.109. The van der Waals surface area contributed by atoms with Crippen molar-refractivity contribution < 1.29 is 59.0 Å². The predicted octanol–water partition coefficient (Wildman–Crippen LogP) is 6.55. The van der Waals surface area contributed by atoms with E-state index in [9.17, 15) is 44.7 Å². The monoisotopic (exact) mass is 701 g/mol. The summed E-state index contributed by atoms with van der Waals surface area (Å²) in [6.45, 7) is 1.26. The summed E-state index contributed by atoms with van der Waals surface area (Å²) in [4.78, 5) is 23.2. The fraction of sp³-hybridized carbons (Fsp3) is 0.533. The Labute approximate surface area is 265 Å². The maximum absolute atomic E-state index is 15.0. The fourth-order valence-electron chi connectivity index (χ4n) is 7.04. The van der Waals surface area contributed by atoms with Gasteiger partial charge in [-0.05, 0) is 67.9 Å². The van der Waals surface area contributed by atoms with E-state index in [1.165, 1.54) is 23.1 Å². The van der Waals surface area contributed by atoms with E-state index in [-0.39, 0.29) is 66.2 Å². The van der Waals surface area contributed by atoms with Crippen LogP contribution in [0.3, 0.4) is 0 Å². The zero-order chi connectivity index (χ0) is 34.5. The Balaban J connectivity index is 0.00000154. The molecular formula is C30H31ClF7NO6S. The molecule has 1 aliphatic heterocycles. The molecule has 0 aromatic heterocycles. The lowest BCUT2D eigenvalue weighted by atomic mass is 9.76. The number of fused-ring (bicyclic) bond motifs is 3. The lowest BCUT2D eigenvalue weighted by Gasteiger charge is -2.44. The van der Waals surface area contributed by atoms with Crippen molar-refractivity contribution in [1.29, 1.82) is 0 Å². The highest BCUT2D eigenvalue weighted by molar-refractivity contribution is 7.92. The average Bonchev–Trinajstić information content (AvgIpc) is 3.38. The average molecular weight is 702 g/mol. The van der Waals surface area contributed by atoms with Crippen LogP contribution in [0.15, 0.2) is 41.3 Å². The molecule has 2 N–H and O–H groups in total. The quantitative estimate of drug-likeness (QED) is 0.276. The van der Waals surface area contributed by atoms with Gasteiger partial charge in [-0.1, -0.05) is 55.1 Å². The van der Waals surface area contributed by atoms with Gasteiger partial charge < -0.3 is 15.1 Å². The van der Waals surface area contributed by atoms with Gasteiger partial charge in [0, 0.05) is 17.1 Å². The highest BCUT2D eigenvalue weighted by Crippen LogP contribution is 2.57. The van der Waals surface area contributed by atoms with Crippen LogP contribution in [0.4, 0.5) is 30.7 Å². The van der Waals surface area contributed by atoms with Crippen molar-refractivity contribution in [2.45, 2.75) is 97.6 Å². The van der Waals surface area contributed by atoms with Gasteiger partial charge in [0.15, 0.2) is 9.84 Å². The normalized spacial score (nSPS) is 23.1. The van der Waals surface area contributed by atoms with E-state index in [1.807, 2.05) is 0 Å². The summed E-state index contributed by atoms with van der Waals surface area (Å²) in [6.07, 6.45) is -11.0. The first-order valence-corrected chi connectivity index (χ1v) is 16.2. The molecule has 16 heteroatoms. The van der Waals surface area contributed by atoms with Crippen molar-refractivity contribution in [3.63, 3.8) is 0 Å². The highest BCUT2D eigenvalue weighted by Gasteiger charge is 2.74. The summed E-state index contributed by atoms with van der Waals surface area (Å²) in [7, 11) is -4.53. The van der Waals surface area contributed by atoms with Crippen molar-refractivity contribution in [2.24, 2.45) is 0 Å². The SMILES string of the molecule is Cc1ccc(S(=O)(=O)C23CCN(C(=O)C4(O)CCCCC4)C2CCc2cc(C(F)(C(F)(F)F)C(F)(F)F)ccc23)cc1Cl.O=CO. The lowest BCUT2D eigenvalue weighted by molar-refractivity contribution is -0.348. The Bertz CT molecular complexity index is 1590. The van der Waals surface area contributed by atoms with Gasteiger partial charge in [0.05, 0.1) is 10.9 Å². The Morgan fingerprint density at radius 3 is 2.11 bits per heavy atom. The number of carboxylic acid groups (broad SMARTS) is 1. The molecule has 3 aliphatic rings. The summed E-state index contributed by atoms with van der Waals surface area (Å²) in [5.41, 5.74) is -8.87. The van der Waals surface area contributed by atoms with Crippen LogP contribution in [0.5, 0.6) is 0 Å². The molecule has 2 aliphatic carbocycles. The minimum Gasteiger partial charge on any atom is -0.483 e. The third-order valence-electron chi connectivity index (χ3n) is 9.34. The number of aryl methyl sites for hydroxylation is 2. The minimum atomic E-state index is -6.34. The molecule has 0 radical (unpaired) electrons. The van der Waals surface area contributed by atoms with Gasteiger partial charge in [-0.2, -0.15) is 26.3 Å². The second kappa shape index (κ2) is 12.3. The van der Waals surface area contributed by atoms with Gasteiger partial charge in [0.2, 0.25) is 0 Å². The van der Waals surface area contributed by atoms with Crippen molar-refractivity contribution in [2.75, 3.05) is 6.54 Å². The molecule has 2 atom stereocenters. The molecule has 2 aromatic rings.